The first-order valence-electron chi connectivity index (χ1n) is 8.00. The zero-order valence-electron chi connectivity index (χ0n) is 15.0. The first-order chi connectivity index (χ1) is 12.4. The molecule has 0 spiro atoms. The highest BCUT2D eigenvalue weighted by molar-refractivity contribution is 7.90. The molecule has 1 amide bonds. The standard InChI is InChI=1S/C18H23N3O4S/c1-20(2)26(23,24)21(16-10-5-4-6-11-16)14-18(22)19-13-15-9-7-8-12-17(15)25-3/h4-12H,13-14H2,1-3H3,(H,19,22). The van der Waals surface area contributed by atoms with Gasteiger partial charge in [-0.1, -0.05) is 36.4 Å². The van der Waals surface area contributed by atoms with Gasteiger partial charge in [-0.3, -0.25) is 4.79 Å². The Labute approximate surface area is 154 Å². The molecule has 1 N–H and O–H groups in total. The highest BCUT2D eigenvalue weighted by Crippen LogP contribution is 2.19. The topological polar surface area (TPSA) is 79.0 Å². The monoisotopic (exact) mass is 377 g/mol. The average molecular weight is 377 g/mol. The van der Waals surface area contributed by atoms with Crippen molar-refractivity contribution in [2.24, 2.45) is 0 Å². The summed E-state index contributed by atoms with van der Waals surface area (Å²) in [6.45, 7) is -0.0762. The van der Waals surface area contributed by atoms with Gasteiger partial charge in [-0.25, -0.2) is 4.31 Å². The molecule has 0 saturated heterocycles. The Morgan fingerprint density at radius 1 is 1.04 bits per heavy atom. The Kier molecular flexibility index (Phi) is 6.59. The fourth-order valence-corrected chi connectivity index (χ4v) is 3.39. The number of rotatable bonds is 8. The third-order valence-electron chi connectivity index (χ3n) is 3.74. The summed E-state index contributed by atoms with van der Waals surface area (Å²) in [7, 11) is 0.612. The number of nitrogens with zero attached hydrogens (tertiary/aromatic N) is 2. The van der Waals surface area contributed by atoms with Crippen LogP contribution in [-0.4, -0.2) is 46.4 Å². The largest absolute Gasteiger partial charge is 0.496 e. The van der Waals surface area contributed by atoms with Crippen LogP contribution in [0.25, 0.3) is 0 Å². The summed E-state index contributed by atoms with van der Waals surface area (Å²) in [4.78, 5) is 12.4. The van der Waals surface area contributed by atoms with Crippen LogP contribution in [0.15, 0.2) is 54.6 Å². The highest BCUT2D eigenvalue weighted by atomic mass is 32.2. The van der Waals surface area contributed by atoms with Gasteiger partial charge in [0, 0.05) is 26.2 Å². The molecule has 140 valence electrons. The van der Waals surface area contributed by atoms with E-state index in [9.17, 15) is 13.2 Å². The number of nitrogens with one attached hydrogen (secondary N) is 1. The summed E-state index contributed by atoms with van der Waals surface area (Å²) in [6.07, 6.45) is 0. The van der Waals surface area contributed by atoms with Crippen molar-refractivity contribution >= 4 is 21.8 Å². The van der Waals surface area contributed by atoms with Crippen molar-refractivity contribution in [1.82, 2.24) is 9.62 Å². The van der Waals surface area contributed by atoms with E-state index < -0.39 is 16.1 Å². The molecule has 26 heavy (non-hydrogen) atoms. The minimum atomic E-state index is -3.80. The lowest BCUT2D eigenvalue weighted by Crippen LogP contribution is -2.45. The maximum Gasteiger partial charge on any atom is 0.304 e. The molecule has 0 aliphatic rings. The normalized spacial score (nSPS) is 11.2. The zero-order chi connectivity index (χ0) is 19.2. The third kappa shape index (κ3) is 4.74. The van der Waals surface area contributed by atoms with E-state index in [-0.39, 0.29) is 13.1 Å². The minimum absolute atomic E-state index is 0.244. The van der Waals surface area contributed by atoms with Gasteiger partial charge in [0.25, 0.3) is 0 Å². The Morgan fingerprint density at radius 2 is 1.65 bits per heavy atom. The molecule has 0 heterocycles. The first-order valence-corrected chi connectivity index (χ1v) is 9.39. The molecule has 0 saturated carbocycles. The summed E-state index contributed by atoms with van der Waals surface area (Å²) < 4.78 is 32.6. The van der Waals surface area contributed by atoms with Crippen LogP contribution in [0.5, 0.6) is 5.75 Å². The number of amides is 1. The van der Waals surface area contributed by atoms with Gasteiger partial charge in [-0.15, -0.1) is 0 Å². The Bertz CT molecular complexity index is 839. The van der Waals surface area contributed by atoms with Crippen LogP contribution in [-0.2, 0) is 21.5 Å². The molecule has 0 aliphatic heterocycles. The van der Waals surface area contributed by atoms with Crippen LogP contribution in [0.2, 0.25) is 0 Å². The number of hydrogen-bond acceptors (Lipinski definition) is 4. The van der Waals surface area contributed by atoms with E-state index in [1.54, 1.807) is 43.5 Å². The Morgan fingerprint density at radius 3 is 2.27 bits per heavy atom. The van der Waals surface area contributed by atoms with Crippen LogP contribution < -0.4 is 14.4 Å². The van der Waals surface area contributed by atoms with E-state index in [0.29, 0.717) is 11.4 Å². The fourth-order valence-electron chi connectivity index (χ4n) is 2.33. The van der Waals surface area contributed by atoms with Gasteiger partial charge in [0.15, 0.2) is 0 Å². The molecule has 2 aromatic carbocycles. The molecule has 0 radical (unpaired) electrons. The second-order valence-corrected chi connectivity index (χ2v) is 7.79. The minimum Gasteiger partial charge on any atom is -0.496 e. The van der Waals surface area contributed by atoms with E-state index in [4.69, 9.17) is 4.74 Å². The van der Waals surface area contributed by atoms with E-state index in [2.05, 4.69) is 5.32 Å². The SMILES string of the molecule is COc1ccccc1CNC(=O)CN(c1ccccc1)S(=O)(=O)N(C)C. The predicted molar refractivity (Wildman–Crippen MR) is 101 cm³/mol. The van der Waals surface area contributed by atoms with E-state index in [0.717, 1.165) is 14.2 Å². The summed E-state index contributed by atoms with van der Waals surface area (Å²) in [5, 5.41) is 2.74. The number of carbonyl (C=O) groups excluding carboxylic acids is 1. The van der Waals surface area contributed by atoms with Crippen molar-refractivity contribution in [2.75, 3.05) is 32.1 Å². The lowest BCUT2D eigenvalue weighted by atomic mass is 10.2. The number of methoxy groups -OCH3 is 1. The quantitative estimate of drug-likeness (QED) is 0.758. The van der Waals surface area contributed by atoms with Gasteiger partial charge in [0.1, 0.15) is 12.3 Å². The van der Waals surface area contributed by atoms with Crippen molar-refractivity contribution in [3.8, 4) is 5.75 Å². The second kappa shape index (κ2) is 8.68. The Hall–Kier alpha value is -2.58. The van der Waals surface area contributed by atoms with Crippen LogP contribution in [0.3, 0.4) is 0 Å². The number of hydrogen-bond donors (Lipinski definition) is 1. The number of benzene rings is 2. The van der Waals surface area contributed by atoms with Crippen molar-refractivity contribution in [2.45, 2.75) is 6.54 Å². The van der Waals surface area contributed by atoms with Crippen LogP contribution >= 0.6 is 0 Å². The van der Waals surface area contributed by atoms with Crippen molar-refractivity contribution in [3.05, 3.63) is 60.2 Å². The summed E-state index contributed by atoms with van der Waals surface area (Å²) >= 11 is 0. The zero-order valence-corrected chi connectivity index (χ0v) is 15.9. The van der Waals surface area contributed by atoms with E-state index in [1.807, 2.05) is 18.2 Å². The molecule has 0 unspecified atom stereocenters. The maximum absolute atomic E-state index is 12.6. The van der Waals surface area contributed by atoms with Crippen LogP contribution in [0, 0.1) is 0 Å². The van der Waals surface area contributed by atoms with Gasteiger partial charge in [0.2, 0.25) is 5.91 Å². The number of carbonyl (C=O) groups is 1. The molecular formula is C18H23N3O4S. The van der Waals surface area contributed by atoms with Crippen LogP contribution in [0.4, 0.5) is 5.69 Å². The Balaban J connectivity index is 2.14. The fraction of sp³-hybridized carbons (Fsp3) is 0.278. The van der Waals surface area contributed by atoms with Gasteiger partial charge in [-0.05, 0) is 18.2 Å². The summed E-state index contributed by atoms with van der Waals surface area (Å²) in [5.41, 5.74) is 1.23. The van der Waals surface area contributed by atoms with Gasteiger partial charge in [-0.2, -0.15) is 12.7 Å². The third-order valence-corrected chi connectivity index (χ3v) is 5.56. The van der Waals surface area contributed by atoms with Crippen molar-refractivity contribution < 1.29 is 17.9 Å². The maximum atomic E-state index is 12.6. The van der Waals surface area contributed by atoms with Gasteiger partial charge in [0.05, 0.1) is 12.8 Å². The van der Waals surface area contributed by atoms with E-state index in [1.165, 1.54) is 14.1 Å². The molecule has 0 atom stereocenters. The summed E-state index contributed by atoms with van der Waals surface area (Å²) in [5.74, 6) is 0.249. The molecule has 8 heteroatoms. The molecule has 2 rings (SSSR count). The smallest absolute Gasteiger partial charge is 0.304 e. The molecule has 2 aromatic rings. The molecule has 0 bridgehead atoms. The van der Waals surface area contributed by atoms with Crippen molar-refractivity contribution in [1.29, 1.82) is 0 Å². The van der Waals surface area contributed by atoms with Gasteiger partial charge >= 0.3 is 10.2 Å². The molecule has 0 fully saturated rings. The van der Waals surface area contributed by atoms with Crippen LogP contribution in [0.1, 0.15) is 5.56 Å². The molecule has 0 aliphatic carbocycles. The van der Waals surface area contributed by atoms with E-state index >= 15 is 0 Å². The lowest BCUT2D eigenvalue weighted by molar-refractivity contribution is -0.119. The number of ether oxygens (including phenoxy) is 1. The van der Waals surface area contributed by atoms with Gasteiger partial charge < -0.3 is 10.1 Å². The molecular weight excluding hydrogens is 354 g/mol. The first kappa shape index (κ1) is 19.7. The summed E-state index contributed by atoms with van der Waals surface area (Å²) in [6, 6.07) is 15.8. The average Bonchev–Trinajstić information content (AvgIpc) is 2.65. The van der Waals surface area contributed by atoms with Crippen molar-refractivity contribution in [3.63, 3.8) is 0 Å². The number of para-hydroxylation sites is 2. The predicted octanol–water partition coefficient (Wildman–Crippen LogP) is 1.62. The molecule has 0 aromatic heterocycles. The lowest BCUT2D eigenvalue weighted by Gasteiger charge is -2.26. The highest BCUT2D eigenvalue weighted by Gasteiger charge is 2.27. The number of anilines is 1. The molecule has 7 nitrogen and oxygen atoms in total. The second-order valence-electron chi connectivity index (χ2n) is 5.72.